The number of rotatable bonds is 5. The first-order valence-corrected chi connectivity index (χ1v) is 6.48. The van der Waals surface area contributed by atoms with Crippen LogP contribution in [0, 0.1) is 0 Å². The standard InChI is InChI=1S/C15H13N3O3/c19-14(16-10-11-5-2-1-3-6-11)9-13-17-15(21-18-13)12-7-4-8-20-12/h1-8H,9-10H2,(H,16,19). The van der Waals surface area contributed by atoms with Gasteiger partial charge in [0, 0.05) is 6.54 Å². The molecule has 1 aromatic carbocycles. The van der Waals surface area contributed by atoms with Gasteiger partial charge in [-0.2, -0.15) is 4.98 Å². The van der Waals surface area contributed by atoms with Gasteiger partial charge in [0.1, 0.15) is 0 Å². The maximum atomic E-state index is 11.8. The van der Waals surface area contributed by atoms with Crippen LogP contribution in [0.5, 0.6) is 0 Å². The number of amides is 1. The molecular weight excluding hydrogens is 270 g/mol. The molecule has 6 nitrogen and oxygen atoms in total. The van der Waals surface area contributed by atoms with Gasteiger partial charge >= 0.3 is 0 Å². The monoisotopic (exact) mass is 283 g/mol. The number of benzene rings is 1. The fourth-order valence-corrected chi connectivity index (χ4v) is 1.83. The normalized spacial score (nSPS) is 10.5. The number of hydrogen-bond acceptors (Lipinski definition) is 5. The lowest BCUT2D eigenvalue weighted by Gasteiger charge is -2.03. The van der Waals surface area contributed by atoms with Crippen LogP contribution in [-0.2, 0) is 17.8 Å². The highest BCUT2D eigenvalue weighted by Crippen LogP contribution is 2.17. The molecule has 0 bridgehead atoms. The van der Waals surface area contributed by atoms with Crippen molar-refractivity contribution in [2.45, 2.75) is 13.0 Å². The Labute approximate surface area is 120 Å². The van der Waals surface area contributed by atoms with Gasteiger partial charge < -0.3 is 14.3 Å². The van der Waals surface area contributed by atoms with Gasteiger partial charge in [-0.05, 0) is 17.7 Å². The lowest BCUT2D eigenvalue weighted by atomic mass is 10.2. The molecular formula is C15H13N3O3. The van der Waals surface area contributed by atoms with Crippen molar-refractivity contribution in [3.05, 3.63) is 60.1 Å². The Morgan fingerprint density at radius 2 is 2.00 bits per heavy atom. The SMILES string of the molecule is O=C(Cc1noc(-c2ccco2)n1)NCc1ccccc1. The van der Waals surface area contributed by atoms with Gasteiger partial charge in [0.15, 0.2) is 11.6 Å². The first-order chi connectivity index (χ1) is 10.3. The first-order valence-electron chi connectivity index (χ1n) is 6.48. The number of furan rings is 1. The molecule has 0 aliphatic heterocycles. The van der Waals surface area contributed by atoms with E-state index < -0.39 is 0 Å². The number of carbonyl (C=O) groups is 1. The van der Waals surface area contributed by atoms with Gasteiger partial charge in [0.05, 0.1) is 12.7 Å². The fourth-order valence-electron chi connectivity index (χ4n) is 1.83. The largest absolute Gasteiger partial charge is 0.459 e. The number of nitrogens with one attached hydrogen (secondary N) is 1. The van der Waals surface area contributed by atoms with Gasteiger partial charge in [-0.25, -0.2) is 0 Å². The highest BCUT2D eigenvalue weighted by molar-refractivity contribution is 5.77. The van der Waals surface area contributed by atoms with E-state index in [0.29, 0.717) is 18.1 Å². The Balaban J connectivity index is 1.55. The van der Waals surface area contributed by atoms with Crippen molar-refractivity contribution in [3.8, 4) is 11.7 Å². The predicted octanol–water partition coefficient (Wildman–Crippen LogP) is 2.19. The number of carbonyl (C=O) groups excluding carboxylic acids is 1. The van der Waals surface area contributed by atoms with Crippen LogP contribution in [0.4, 0.5) is 0 Å². The molecule has 3 aromatic rings. The van der Waals surface area contributed by atoms with Crippen LogP contribution in [0.3, 0.4) is 0 Å². The summed E-state index contributed by atoms with van der Waals surface area (Å²) in [6.45, 7) is 0.475. The molecule has 0 saturated heterocycles. The van der Waals surface area contributed by atoms with Crippen molar-refractivity contribution in [3.63, 3.8) is 0 Å². The molecule has 0 spiro atoms. The van der Waals surface area contributed by atoms with Gasteiger partial charge in [-0.15, -0.1) is 0 Å². The summed E-state index contributed by atoms with van der Waals surface area (Å²) in [5, 5.41) is 6.57. The van der Waals surface area contributed by atoms with Crippen LogP contribution in [0.1, 0.15) is 11.4 Å². The topological polar surface area (TPSA) is 81.2 Å². The molecule has 1 N–H and O–H groups in total. The second-order valence-corrected chi connectivity index (χ2v) is 4.43. The summed E-state index contributed by atoms with van der Waals surface area (Å²) in [4.78, 5) is 15.9. The third-order valence-corrected chi connectivity index (χ3v) is 2.85. The minimum Gasteiger partial charge on any atom is -0.459 e. The molecule has 21 heavy (non-hydrogen) atoms. The molecule has 2 aromatic heterocycles. The van der Waals surface area contributed by atoms with Crippen molar-refractivity contribution in [2.24, 2.45) is 0 Å². The molecule has 0 aliphatic rings. The van der Waals surface area contributed by atoms with E-state index in [1.165, 1.54) is 6.26 Å². The zero-order valence-corrected chi connectivity index (χ0v) is 11.2. The number of nitrogens with zero attached hydrogens (tertiary/aromatic N) is 2. The maximum Gasteiger partial charge on any atom is 0.293 e. The Kier molecular flexibility index (Phi) is 3.77. The number of aromatic nitrogens is 2. The van der Waals surface area contributed by atoms with Crippen LogP contribution in [0.2, 0.25) is 0 Å². The van der Waals surface area contributed by atoms with Gasteiger partial charge in [0.2, 0.25) is 5.91 Å². The van der Waals surface area contributed by atoms with Crippen molar-refractivity contribution >= 4 is 5.91 Å². The van der Waals surface area contributed by atoms with Gasteiger partial charge in [-0.3, -0.25) is 4.79 Å². The molecule has 0 fully saturated rings. The average molecular weight is 283 g/mol. The van der Waals surface area contributed by atoms with E-state index in [1.807, 2.05) is 30.3 Å². The summed E-state index contributed by atoms with van der Waals surface area (Å²) in [5.41, 5.74) is 1.04. The Morgan fingerprint density at radius 3 is 2.76 bits per heavy atom. The molecule has 0 atom stereocenters. The maximum absolute atomic E-state index is 11.8. The Bertz CT molecular complexity index is 705. The lowest BCUT2D eigenvalue weighted by Crippen LogP contribution is -2.24. The van der Waals surface area contributed by atoms with Crippen LogP contribution < -0.4 is 5.32 Å². The number of hydrogen-bond donors (Lipinski definition) is 1. The second kappa shape index (κ2) is 6.04. The summed E-state index contributed by atoms with van der Waals surface area (Å²) < 4.78 is 10.2. The van der Waals surface area contributed by atoms with Crippen LogP contribution in [0.25, 0.3) is 11.7 Å². The second-order valence-electron chi connectivity index (χ2n) is 4.43. The first kappa shape index (κ1) is 13.1. The molecule has 0 aliphatic carbocycles. The summed E-state index contributed by atoms with van der Waals surface area (Å²) >= 11 is 0. The fraction of sp³-hybridized carbons (Fsp3) is 0.133. The zero-order chi connectivity index (χ0) is 14.5. The third-order valence-electron chi connectivity index (χ3n) is 2.85. The van der Waals surface area contributed by atoms with Crippen molar-refractivity contribution in [1.29, 1.82) is 0 Å². The minimum absolute atomic E-state index is 0.0665. The summed E-state index contributed by atoms with van der Waals surface area (Å²) in [5.74, 6) is 0.918. The zero-order valence-electron chi connectivity index (χ0n) is 11.2. The van der Waals surface area contributed by atoms with Crippen LogP contribution >= 0.6 is 0 Å². The van der Waals surface area contributed by atoms with Crippen LogP contribution in [-0.4, -0.2) is 16.0 Å². The van der Waals surface area contributed by atoms with E-state index in [1.54, 1.807) is 12.1 Å². The van der Waals surface area contributed by atoms with E-state index in [9.17, 15) is 4.79 Å². The minimum atomic E-state index is -0.161. The van der Waals surface area contributed by atoms with Gasteiger partial charge in [-0.1, -0.05) is 35.5 Å². The van der Waals surface area contributed by atoms with Crippen LogP contribution in [0.15, 0.2) is 57.7 Å². The highest BCUT2D eigenvalue weighted by atomic mass is 16.5. The average Bonchev–Trinajstić information content (AvgIpc) is 3.17. The summed E-state index contributed by atoms with van der Waals surface area (Å²) in [7, 11) is 0. The smallest absolute Gasteiger partial charge is 0.293 e. The molecule has 3 rings (SSSR count). The van der Waals surface area contributed by atoms with E-state index in [0.717, 1.165) is 5.56 Å². The molecule has 1 amide bonds. The van der Waals surface area contributed by atoms with E-state index in [-0.39, 0.29) is 18.2 Å². The predicted molar refractivity (Wildman–Crippen MR) is 74.0 cm³/mol. The lowest BCUT2D eigenvalue weighted by molar-refractivity contribution is -0.120. The third kappa shape index (κ3) is 3.36. The van der Waals surface area contributed by atoms with Crippen molar-refractivity contribution in [2.75, 3.05) is 0 Å². The molecule has 6 heteroatoms. The molecule has 2 heterocycles. The molecule has 0 saturated carbocycles. The Hall–Kier alpha value is -2.89. The van der Waals surface area contributed by atoms with E-state index in [4.69, 9.17) is 8.94 Å². The highest BCUT2D eigenvalue weighted by Gasteiger charge is 2.13. The molecule has 106 valence electrons. The molecule has 0 unspecified atom stereocenters. The Morgan fingerprint density at radius 1 is 1.14 bits per heavy atom. The summed E-state index contributed by atoms with van der Waals surface area (Å²) in [6, 6.07) is 13.1. The summed E-state index contributed by atoms with van der Waals surface area (Å²) in [6.07, 6.45) is 1.59. The van der Waals surface area contributed by atoms with Crippen molar-refractivity contribution in [1.82, 2.24) is 15.5 Å². The van der Waals surface area contributed by atoms with Crippen molar-refractivity contribution < 1.29 is 13.7 Å². The molecule has 0 radical (unpaired) electrons. The quantitative estimate of drug-likeness (QED) is 0.776. The van der Waals surface area contributed by atoms with E-state index >= 15 is 0 Å². The van der Waals surface area contributed by atoms with Gasteiger partial charge in [0.25, 0.3) is 5.89 Å². The van der Waals surface area contributed by atoms with E-state index in [2.05, 4.69) is 15.5 Å².